The van der Waals surface area contributed by atoms with Crippen LogP contribution in [0.3, 0.4) is 0 Å². The Labute approximate surface area is 181 Å². The molecule has 1 N–H and O–H groups in total. The van der Waals surface area contributed by atoms with E-state index in [0.29, 0.717) is 37.9 Å². The van der Waals surface area contributed by atoms with Crippen LogP contribution < -0.4 is 5.32 Å². The predicted molar refractivity (Wildman–Crippen MR) is 114 cm³/mol. The quantitative estimate of drug-likeness (QED) is 0.594. The molecule has 8 heteroatoms. The second-order valence-electron chi connectivity index (χ2n) is 7.79. The molecule has 1 aliphatic rings. The molecule has 1 aliphatic heterocycles. The van der Waals surface area contributed by atoms with Crippen molar-refractivity contribution in [2.24, 2.45) is 0 Å². The topological polar surface area (TPSA) is 93.6 Å². The smallest absolute Gasteiger partial charge is 0.227 e. The lowest BCUT2D eigenvalue weighted by atomic mass is 10.1. The Hall–Kier alpha value is -2.97. The van der Waals surface area contributed by atoms with Gasteiger partial charge in [-0.1, -0.05) is 35.0 Å². The summed E-state index contributed by atoms with van der Waals surface area (Å²) in [6, 6.07) is 11.8. The highest BCUT2D eigenvalue weighted by atomic mass is 16.5. The number of furan rings is 1. The molecule has 1 amide bonds. The van der Waals surface area contributed by atoms with Crippen LogP contribution in [-0.4, -0.2) is 53.8 Å². The molecule has 1 unspecified atom stereocenters. The summed E-state index contributed by atoms with van der Waals surface area (Å²) in [6.07, 6.45) is 0.676. The SMILES string of the molecule is Cc1ccc(-c2noc(CCC(=O)NCC(c3ccc(C)o3)N3CCOCC3)n2)cc1. The second kappa shape index (κ2) is 9.89. The highest BCUT2D eigenvalue weighted by Crippen LogP contribution is 2.23. The van der Waals surface area contributed by atoms with Crippen molar-refractivity contribution in [1.82, 2.24) is 20.4 Å². The van der Waals surface area contributed by atoms with E-state index in [2.05, 4.69) is 20.4 Å². The molecule has 0 saturated carbocycles. The van der Waals surface area contributed by atoms with E-state index in [4.69, 9.17) is 13.7 Å². The number of morpholine rings is 1. The lowest BCUT2D eigenvalue weighted by molar-refractivity contribution is -0.121. The Morgan fingerprint density at radius 3 is 2.61 bits per heavy atom. The molecule has 3 heterocycles. The van der Waals surface area contributed by atoms with Gasteiger partial charge in [-0.15, -0.1) is 0 Å². The number of amides is 1. The molecule has 1 fully saturated rings. The first-order valence-electron chi connectivity index (χ1n) is 10.6. The van der Waals surface area contributed by atoms with Gasteiger partial charge in [-0.2, -0.15) is 4.98 Å². The molecular weight excluding hydrogens is 396 g/mol. The number of rotatable bonds is 8. The van der Waals surface area contributed by atoms with E-state index in [-0.39, 0.29) is 18.4 Å². The van der Waals surface area contributed by atoms with Crippen LogP contribution in [0.1, 0.15) is 35.4 Å². The predicted octanol–water partition coefficient (Wildman–Crippen LogP) is 3.07. The van der Waals surface area contributed by atoms with Crippen LogP contribution in [-0.2, 0) is 16.0 Å². The Bertz CT molecular complexity index is 989. The zero-order chi connectivity index (χ0) is 21.6. The van der Waals surface area contributed by atoms with Crippen molar-refractivity contribution in [1.29, 1.82) is 0 Å². The summed E-state index contributed by atoms with van der Waals surface area (Å²) in [7, 11) is 0. The average molecular weight is 425 g/mol. The van der Waals surface area contributed by atoms with Gasteiger partial charge in [0, 0.05) is 38.0 Å². The number of aryl methyl sites for hydroxylation is 3. The van der Waals surface area contributed by atoms with Crippen LogP contribution in [0.5, 0.6) is 0 Å². The minimum absolute atomic E-state index is 0.0157. The highest BCUT2D eigenvalue weighted by Gasteiger charge is 2.25. The molecule has 0 bridgehead atoms. The van der Waals surface area contributed by atoms with Gasteiger partial charge in [0.1, 0.15) is 11.5 Å². The zero-order valence-corrected chi connectivity index (χ0v) is 18.0. The minimum atomic E-state index is -0.0587. The van der Waals surface area contributed by atoms with E-state index >= 15 is 0 Å². The summed E-state index contributed by atoms with van der Waals surface area (Å²) >= 11 is 0. The zero-order valence-electron chi connectivity index (χ0n) is 18.0. The molecule has 0 aliphatic carbocycles. The summed E-state index contributed by atoms with van der Waals surface area (Å²) in [4.78, 5) is 19.2. The number of nitrogens with one attached hydrogen (secondary N) is 1. The van der Waals surface area contributed by atoms with Crippen LogP contribution >= 0.6 is 0 Å². The van der Waals surface area contributed by atoms with Gasteiger partial charge >= 0.3 is 0 Å². The molecule has 4 rings (SSSR count). The number of hydrogen-bond acceptors (Lipinski definition) is 7. The highest BCUT2D eigenvalue weighted by molar-refractivity contribution is 5.76. The molecule has 0 radical (unpaired) electrons. The number of nitrogens with zero attached hydrogens (tertiary/aromatic N) is 3. The number of carbonyl (C=O) groups excluding carboxylic acids is 1. The van der Waals surface area contributed by atoms with Crippen molar-refractivity contribution < 1.29 is 18.5 Å². The summed E-state index contributed by atoms with van der Waals surface area (Å²) in [5.41, 5.74) is 2.07. The third kappa shape index (κ3) is 5.59. The number of ether oxygens (including phenoxy) is 1. The molecule has 1 aromatic carbocycles. The van der Waals surface area contributed by atoms with E-state index < -0.39 is 0 Å². The molecule has 3 aromatic rings. The maximum Gasteiger partial charge on any atom is 0.227 e. The Kier molecular flexibility index (Phi) is 6.79. The first-order valence-corrected chi connectivity index (χ1v) is 10.6. The van der Waals surface area contributed by atoms with Crippen molar-refractivity contribution in [3.05, 3.63) is 59.4 Å². The van der Waals surface area contributed by atoms with Crippen molar-refractivity contribution in [2.45, 2.75) is 32.7 Å². The van der Waals surface area contributed by atoms with Crippen LogP contribution in [0.2, 0.25) is 0 Å². The number of aromatic nitrogens is 2. The van der Waals surface area contributed by atoms with Gasteiger partial charge in [0.25, 0.3) is 0 Å². The average Bonchev–Trinajstić information content (AvgIpc) is 3.43. The molecular formula is C23H28N4O4. The monoisotopic (exact) mass is 424 g/mol. The summed E-state index contributed by atoms with van der Waals surface area (Å²) in [6.45, 7) is 7.42. The fraction of sp³-hybridized carbons (Fsp3) is 0.435. The van der Waals surface area contributed by atoms with Gasteiger partial charge in [-0.3, -0.25) is 9.69 Å². The molecule has 2 aromatic heterocycles. The van der Waals surface area contributed by atoms with Gasteiger partial charge in [0.2, 0.25) is 17.6 Å². The van der Waals surface area contributed by atoms with E-state index in [9.17, 15) is 4.79 Å². The first-order chi connectivity index (χ1) is 15.1. The second-order valence-corrected chi connectivity index (χ2v) is 7.79. The number of benzene rings is 1. The third-order valence-corrected chi connectivity index (χ3v) is 5.41. The lowest BCUT2D eigenvalue weighted by Crippen LogP contribution is -2.43. The van der Waals surface area contributed by atoms with Gasteiger partial charge in [0.15, 0.2) is 0 Å². The van der Waals surface area contributed by atoms with E-state index in [1.54, 1.807) is 0 Å². The molecule has 8 nitrogen and oxygen atoms in total. The summed E-state index contributed by atoms with van der Waals surface area (Å²) < 4.78 is 16.6. The lowest BCUT2D eigenvalue weighted by Gasteiger charge is -2.33. The standard InChI is InChI=1S/C23H28N4O4/c1-16-3-6-18(7-4-16)23-25-22(31-26-23)10-9-21(28)24-15-19(20-8-5-17(2)30-20)27-11-13-29-14-12-27/h3-8,19H,9-15H2,1-2H3,(H,24,28). The Morgan fingerprint density at radius 2 is 1.90 bits per heavy atom. The Balaban J connectivity index is 1.31. The van der Waals surface area contributed by atoms with Gasteiger partial charge in [-0.25, -0.2) is 0 Å². The van der Waals surface area contributed by atoms with Crippen molar-refractivity contribution in [2.75, 3.05) is 32.8 Å². The molecule has 0 spiro atoms. The van der Waals surface area contributed by atoms with Crippen molar-refractivity contribution >= 4 is 5.91 Å². The van der Waals surface area contributed by atoms with Gasteiger partial charge in [-0.05, 0) is 26.0 Å². The maximum absolute atomic E-state index is 12.5. The molecule has 1 atom stereocenters. The number of hydrogen-bond donors (Lipinski definition) is 1. The molecule has 164 valence electrons. The maximum atomic E-state index is 12.5. The van der Waals surface area contributed by atoms with E-state index in [1.807, 2.05) is 50.2 Å². The van der Waals surface area contributed by atoms with Crippen LogP contribution in [0.25, 0.3) is 11.4 Å². The van der Waals surface area contributed by atoms with E-state index in [1.165, 1.54) is 5.56 Å². The summed E-state index contributed by atoms with van der Waals surface area (Å²) in [5, 5.41) is 7.05. The van der Waals surface area contributed by atoms with Gasteiger partial charge in [0.05, 0.1) is 19.3 Å². The first kappa shape index (κ1) is 21.3. The number of carbonyl (C=O) groups is 1. The van der Waals surface area contributed by atoms with Gasteiger partial charge < -0.3 is 19.0 Å². The largest absolute Gasteiger partial charge is 0.465 e. The summed E-state index contributed by atoms with van der Waals surface area (Å²) in [5.74, 6) is 2.66. The fourth-order valence-corrected chi connectivity index (χ4v) is 3.63. The van der Waals surface area contributed by atoms with Crippen molar-refractivity contribution in [3.63, 3.8) is 0 Å². The van der Waals surface area contributed by atoms with Crippen LogP contribution in [0, 0.1) is 13.8 Å². The fourth-order valence-electron chi connectivity index (χ4n) is 3.63. The minimum Gasteiger partial charge on any atom is -0.465 e. The van der Waals surface area contributed by atoms with Crippen LogP contribution in [0.15, 0.2) is 45.3 Å². The molecule has 1 saturated heterocycles. The molecule has 31 heavy (non-hydrogen) atoms. The Morgan fingerprint density at radius 1 is 1.13 bits per heavy atom. The van der Waals surface area contributed by atoms with E-state index in [0.717, 1.165) is 30.2 Å². The van der Waals surface area contributed by atoms with Crippen molar-refractivity contribution in [3.8, 4) is 11.4 Å². The van der Waals surface area contributed by atoms with Crippen LogP contribution in [0.4, 0.5) is 0 Å². The normalized spacial score (nSPS) is 15.7. The third-order valence-electron chi connectivity index (χ3n) is 5.41.